The van der Waals surface area contributed by atoms with Crippen LogP contribution in [0.1, 0.15) is 73.7 Å². The molecule has 1 aliphatic rings. The lowest BCUT2D eigenvalue weighted by Gasteiger charge is -2.19. The van der Waals surface area contributed by atoms with Gasteiger partial charge in [-0.3, -0.25) is 10.1 Å². The van der Waals surface area contributed by atoms with Crippen molar-refractivity contribution in [1.82, 2.24) is 5.32 Å². The maximum absolute atomic E-state index is 16.4. The first-order chi connectivity index (χ1) is 19.4. The van der Waals surface area contributed by atoms with E-state index in [1.54, 1.807) is 20.8 Å². The van der Waals surface area contributed by atoms with Gasteiger partial charge in [-0.15, -0.1) is 23.1 Å². The molecule has 0 aliphatic carbocycles. The molecule has 0 unspecified atom stereocenters. The molecule has 0 bridgehead atoms. The molecule has 1 aromatic heterocycles. The Hall–Kier alpha value is -3.46. The summed E-state index contributed by atoms with van der Waals surface area (Å²) < 4.78 is 43.5. The van der Waals surface area contributed by atoms with E-state index in [2.05, 4.69) is 10.6 Å². The van der Waals surface area contributed by atoms with Crippen molar-refractivity contribution in [2.45, 2.75) is 66.8 Å². The third kappa shape index (κ3) is 6.10. The summed E-state index contributed by atoms with van der Waals surface area (Å²) >= 11 is 2.53. The quantitative estimate of drug-likeness (QED) is 0.284. The largest absolute Gasteiger partial charge is 0.444 e. The Morgan fingerprint density at radius 3 is 2.54 bits per heavy atom. The first-order valence-corrected chi connectivity index (χ1v) is 14.9. The van der Waals surface area contributed by atoms with Gasteiger partial charge in [-0.1, -0.05) is 19.9 Å². The van der Waals surface area contributed by atoms with Crippen LogP contribution in [0, 0.1) is 29.9 Å². The van der Waals surface area contributed by atoms with E-state index in [4.69, 9.17) is 9.47 Å². The number of nitrogens with zero attached hydrogens (tertiary/aromatic N) is 1. The van der Waals surface area contributed by atoms with Crippen LogP contribution in [0.25, 0.3) is 21.2 Å². The minimum Gasteiger partial charge on any atom is -0.444 e. The number of hydrogen-bond acceptors (Lipinski definition) is 7. The number of amides is 2. The molecule has 0 radical (unpaired) electrons. The van der Waals surface area contributed by atoms with Crippen molar-refractivity contribution < 1.29 is 27.8 Å². The number of fused-ring (bicyclic) bond motifs is 2. The molecule has 0 atom stereocenters. The predicted octanol–water partition coefficient (Wildman–Crippen LogP) is 8.14. The highest BCUT2D eigenvalue weighted by Gasteiger charge is 2.33. The third-order valence-electron chi connectivity index (χ3n) is 6.32. The first kappa shape index (κ1) is 30.5. The molecular weight excluding hydrogens is 568 g/mol. The number of benzene rings is 2. The lowest BCUT2D eigenvalue weighted by molar-refractivity contribution is 0.0636. The van der Waals surface area contributed by atoms with E-state index < -0.39 is 29.2 Å². The van der Waals surface area contributed by atoms with Gasteiger partial charge in [-0.05, 0) is 68.7 Å². The third-order valence-corrected chi connectivity index (χ3v) is 8.26. The number of nitriles is 1. The molecular formula is C30H31F2N3O4S2. The van der Waals surface area contributed by atoms with Crippen molar-refractivity contribution >= 4 is 50.2 Å². The van der Waals surface area contributed by atoms with E-state index in [-0.39, 0.29) is 51.4 Å². The maximum Gasteiger partial charge on any atom is 0.412 e. The smallest absolute Gasteiger partial charge is 0.412 e. The van der Waals surface area contributed by atoms with Crippen molar-refractivity contribution in [3.8, 4) is 17.2 Å². The lowest BCUT2D eigenvalue weighted by Crippen LogP contribution is -2.27. The number of nitrogens with one attached hydrogen (secondary N) is 2. The van der Waals surface area contributed by atoms with Crippen LogP contribution in [0.3, 0.4) is 0 Å². The van der Waals surface area contributed by atoms with Crippen molar-refractivity contribution in [3.63, 3.8) is 0 Å². The van der Waals surface area contributed by atoms with Crippen LogP contribution in [0.15, 0.2) is 23.2 Å². The van der Waals surface area contributed by atoms with Crippen LogP contribution < -0.4 is 10.6 Å². The van der Waals surface area contributed by atoms with Crippen LogP contribution in [-0.4, -0.2) is 23.4 Å². The van der Waals surface area contributed by atoms with Gasteiger partial charge in [0.05, 0.1) is 29.4 Å². The van der Waals surface area contributed by atoms with E-state index in [1.165, 1.54) is 30.8 Å². The van der Waals surface area contributed by atoms with E-state index in [0.29, 0.717) is 27.3 Å². The molecule has 2 heterocycles. The standard InChI is InChI=1S/C30H31F2N3O4S2/c1-7-9-21(40-8-2)34-27(36)22-15(3)26(32)24(18-14-38-13-17(18)22)25-19(31)10-11-20-23(25)16(12-33)28(41-20)35-29(37)39-30(4,5)6/h9-11H,7-8,13-14H2,1-6H3,(H,34,36)(H,35,37)/b21-9-. The molecule has 2 aromatic carbocycles. The molecule has 2 N–H and O–H groups in total. The summed E-state index contributed by atoms with van der Waals surface area (Å²) in [6.45, 7) is 10.5. The van der Waals surface area contributed by atoms with Gasteiger partial charge in [0.25, 0.3) is 5.91 Å². The Labute approximate surface area is 245 Å². The first-order valence-electron chi connectivity index (χ1n) is 13.1. The Kier molecular flexibility index (Phi) is 9.07. The minimum atomic E-state index is -0.775. The second-order valence-corrected chi connectivity index (χ2v) is 12.7. The number of anilines is 1. The Bertz CT molecular complexity index is 1620. The van der Waals surface area contributed by atoms with Gasteiger partial charge in [-0.2, -0.15) is 5.26 Å². The summed E-state index contributed by atoms with van der Waals surface area (Å²) in [5.41, 5.74) is 0.0800. The minimum absolute atomic E-state index is 0.0113. The summed E-state index contributed by atoms with van der Waals surface area (Å²) in [6, 6.07) is 4.73. The maximum atomic E-state index is 16.4. The number of carbonyl (C=O) groups excluding carboxylic acids is 2. The molecule has 41 heavy (non-hydrogen) atoms. The van der Waals surface area contributed by atoms with Crippen molar-refractivity contribution in [2.75, 3.05) is 11.1 Å². The molecule has 0 fully saturated rings. The van der Waals surface area contributed by atoms with Gasteiger partial charge >= 0.3 is 6.09 Å². The highest BCUT2D eigenvalue weighted by atomic mass is 32.2. The van der Waals surface area contributed by atoms with Gasteiger partial charge in [-0.25, -0.2) is 13.6 Å². The number of rotatable bonds is 7. The molecule has 2 amide bonds. The van der Waals surface area contributed by atoms with E-state index in [9.17, 15) is 14.9 Å². The molecule has 7 nitrogen and oxygen atoms in total. The Morgan fingerprint density at radius 1 is 1.20 bits per heavy atom. The van der Waals surface area contributed by atoms with Gasteiger partial charge in [0.15, 0.2) is 0 Å². The van der Waals surface area contributed by atoms with Gasteiger partial charge in [0.2, 0.25) is 0 Å². The van der Waals surface area contributed by atoms with Crippen LogP contribution in [0.2, 0.25) is 0 Å². The molecule has 1 aliphatic heterocycles. The topological polar surface area (TPSA) is 100 Å². The predicted molar refractivity (Wildman–Crippen MR) is 159 cm³/mol. The van der Waals surface area contributed by atoms with Gasteiger partial charge in [0.1, 0.15) is 28.3 Å². The zero-order valence-corrected chi connectivity index (χ0v) is 25.3. The number of carbonyl (C=O) groups is 2. The molecule has 3 aromatic rings. The number of hydrogen-bond donors (Lipinski definition) is 2. The Morgan fingerprint density at radius 2 is 1.90 bits per heavy atom. The number of thioether (sulfide) groups is 1. The van der Waals surface area contributed by atoms with Crippen molar-refractivity contribution in [3.05, 3.63) is 62.7 Å². The van der Waals surface area contributed by atoms with E-state index in [0.717, 1.165) is 17.1 Å². The van der Waals surface area contributed by atoms with Crippen molar-refractivity contribution in [1.29, 1.82) is 5.26 Å². The van der Waals surface area contributed by atoms with E-state index >= 15 is 8.78 Å². The Balaban J connectivity index is 1.91. The summed E-state index contributed by atoms with van der Waals surface area (Å²) in [4.78, 5) is 25.9. The second kappa shape index (κ2) is 12.2. The van der Waals surface area contributed by atoms with Crippen LogP contribution in [0.4, 0.5) is 18.6 Å². The molecule has 11 heteroatoms. The zero-order valence-electron chi connectivity index (χ0n) is 23.7. The SMILES string of the molecule is CC/C=C(/NC(=O)c1c(C)c(F)c(-c2c(F)ccc3sc(NC(=O)OC(C)(C)C)c(C#N)c23)c2c1COC2)SCC. The summed E-state index contributed by atoms with van der Waals surface area (Å²) in [6.07, 6.45) is 1.83. The second-order valence-electron chi connectivity index (χ2n) is 10.3. The molecule has 0 saturated carbocycles. The number of halogens is 2. The average Bonchev–Trinajstić information content (AvgIpc) is 3.49. The number of ether oxygens (including phenoxy) is 2. The van der Waals surface area contributed by atoms with Crippen molar-refractivity contribution in [2.24, 2.45) is 0 Å². The van der Waals surface area contributed by atoms with Gasteiger partial charge < -0.3 is 14.8 Å². The molecule has 0 spiro atoms. The molecule has 4 rings (SSSR count). The fourth-order valence-corrected chi connectivity index (χ4v) is 6.57. The summed E-state index contributed by atoms with van der Waals surface area (Å²) in [7, 11) is 0. The van der Waals surface area contributed by atoms with Crippen LogP contribution >= 0.6 is 23.1 Å². The molecule has 216 valence electrons. The van der Waals surface area contributed by atoms with E-state index in [1.807, 2.05) is 26.0 Å². The zero-order chi connectivity index (χ0) is 30.1. The number of thiophene rings is 1. The normalized spacial score (nSPS) is 13.2. The highest BCUT2D eigenvalue weighted by Crippen LogP contribution is 2.46. The number of allylic oxidation sites excluding steroid dienone is 1. The fourth-order valence-electron chi connectivity index (χ4n) is 4.76. The average molecular weight is 600 g/mol. The molecule has 0 saturated heterocycles. The van der Waals surface area contributed by atoms with Gasteiger partial charge in [0, 0.05) is 21.2 Å². The summed E-state index contributed by atoms with van der Waals surface area (Å²) in [5.74, 6) is -1.24. The summed E-state index contributed by atoms with van der Waals surface area (Å²) in [5, 5.41) is 16.5. The van der Waals surface area contributed by atoms with Crippen LogP contribution in [0.5, 0.6) is 0 Å². The fraction of sp³-hybridized carbons (Fsp3) is 0.367. The van der Waals surface area contributed by atoms with Crippen LogP contribution in [-0.2, 0) is 22.7 Å². The monoisotopic (exact) mass is 599 g/mol. The highest BCUT2D eigenvalue weighted by molar-refractivity contribution is 8.03. The lowest BCUT2D eigenvalue weighted by atomic mass is 9.87.